The summed E-state index contributed by atoms with van der Waals surface area (Å²) in [4.78, 5) is 4.09. The molecule has 6 heteroatoms. The SMILES string of the molecule is Cc1nc(-c2nncs2)n[nH]1. The molecule has 0 aromatic carbocycles. The van der Waals surface area contributed by atoms with E-state index >= 15 is 0 Å². The topological polar surface area (TPSA) is 67.3 Å². The molecule has 0 unspecified atom stereocenters. The largest absolute Gasteiger partial charge is 0.263 e. The highest BCUT2D eigenvalue weighted by Gasteiger charge is 2.05. The molecule has 0 aliphatic rings. The van der Waals surface area contributed by atoms with Gasteiger partial charge in [0.15, 0.2) is 5.01 Å². The van der Waals surface area contributed by atoms with Gasteiger partial charge in [0.1, 0.15) is 11.3 Å². The smallest absolute Gasteiger partial charge is 0.212 e. The Labute approximate surface area is 66.5 Å². The minimum absolute atomic E-state index is 0.616. The highest BCUT2D eigenvalue weighted by atomic mass is 32.1. The van der Waals surface area contributed by atoms with E-state index in [0.717, 1.165) is 10.8 Å². The number of hydrogen-bond donors (Lipinski definition) is 1. The first-order valence-corrected chi connectivity index (χ1v) is 3.90. The van der Waals surface area contributed by atoms with Crippen LogP contribution in [0.25, 0.3) is 10.8 Å². The number of aromatic amines is 1. The number of aryl methyl sites for hydroxylation is 1. The van der Waals surface area contributed by atoms with Gasteiger partial charge >= 0.3 is 0 Å². The van der Waals surface area contributed by atoms with Gasteiger partial charge in [-0.15, -0.1) is 10.2 Å². The molecule has 0 aliphatic heterocycles. The van der Waals surface area contributed by atoms with Gasteiger partial charge in [0.05, 0.1) is 0 Å². The normalized spacial score (nSPS) is 10.3. The van der Waals surface area contributed by atoms with E-state index in [4.69, 9.17) is 0 Å². The van der Waals surface area contributed by atoms with Crippen molar-refractivity contribution >= 4 is 11.3 Å². The molecule has 1 N–H and O–H groups in total. The van der Waals surface area contributed by atoms with E-state index < -0.39 is 0 Å². The van der Waals surface area contributed by atoms with E-state index in [9.17, 15) is 0 Å². The molecule has 2 rings (SSSR count). The number of hydrogen-bond acceptors (Lipinski definition) is 5. The van der Waals surface area contributed by atoms with Crippen molar-refractivity contribution in [1.82, 2.24) is 25.4 Å². The van der Waals surface area contributed by atoms with Crippen molar-refractivity contribution in [3.63, 3.8) is 0 Å². The van der Waals surface area contributed by atoms with Crippen LogP contribution in [0, 0.1) is 6.92 Å². The summed E-state index contributed by atoms with van der Waals surface area (Å²) in [6, 6.07) is 0. The molecule has 0 amide bonds. The molecular formula is C5H5N5S. The van der Waals surface area contributed by atoms with Gasteiger partial charge < -0.3 is 0 Å². The van der Waals surface area contributed by atoms with Crippen molar-refractivity contribution in [3.05, 3.63) is 11.3 Å². The van der Waals surface area contributed by atoms with Gasteiger partial charge in [0.2, 0.25) is 5.82 Å². The Balaban J connectivity index is 2.45. The maximum atomic E-state index is 4.09. The molecule has 0 bridgehead atoms. The minimum atomic E-state index is 0.616. The number of nitrogens with zero attached hydrogens (tertiary/aromatic N) is 4. The fourth-order valence-corrected chi connectivity index (χ4v) is 1.19. The van der Waals surface area contributed by atoms with Crippen LogP contribution in [-0.2, 0) is 0 Å². The molecule has 0 radical (unpaired) electrons. The average Bonchev–Trinajstić information content (AvgIpc) is 2.55. The second-order valence-electron chi connectivity index (χ2n) is 1.99. The molecule has 0 fully saturated rings. The summed E-state index contributed by atoms with van der Waals surface area (Å²) in [5, 5.41) is 14.9. The number of H-pyrrole nitrogens is 1. The summed E-state index contributed by atoms with van der Waals surface area (Å²) in [7, 11) is 0. The molecule has 0 saturated heterocycles. The molecule has 5 nitrogen and oxygen atoms in total. The second-order valence-corrected chi connectivity index (χ2v) is 2.82. The van der Waals surface area contributed by atoms with Crippen molar-refractivity contribution in [1.29, 1.82) is 0 Å². The molecule has 56 valence electrons. The molecule has 0 saturated carbocycles. The quantitative estimate of drug-likeness (QED) is 0.676. The van der Waals surface area contributed by atoms with Gasteiger partial charge in [-0.05, 0) is 6.92 Å². The van der Waals surface area contributed by atoms with Crippen LogP contribution >= 0.6 is 11.3 Å². The zero-order valence-electron chi connectivity index (χ0n) is 5.77. The maximum Gasteiger partial charge on any atom is 0.212 e. The fraction of sp³-hybridized carbons (Fsp3) is 0.200. The Morgan fingerprint density at radius 2 is 2.45 bits per heavy atom. The Hall–Kier alpha value is -1.30. The first-order chi connectivity index (χ1) is 5.36. The van der Waals surface area contributed by atoms with Crippen LogP contribution in [0.4, 0.5) is 0 Å². The third-order valence-corrected chi connectivity index (χ3v) is 1.84. The summed E-state index contributed by atoms with van der Waals surface area (Å²) in [5.74, 6) is 1.40. The van der Waals surface area contributed by atoms with Crippen molar-refractivity contribution in [2.24, 2.45) is 0 Å². The summed E-state index contributed by atoms with van der Waals surface area (Å²) < 4.78 is 0. The molecule has 0 atom stereocenters. The first-order valence-electron chi connectivity index (χ1n) is 3.02. The summed E-state index contributed by atoms with van der Waals surface area (Å²) >= 11 is 1.42. The molecule has 2 aromatic rings. The maximum absolute atomic E-state index is 4.09. The predicted molar refractivity (Wildman–Crippen MR) is 40.0 cm³/mol. The predicted octanol–water partition coefficient (Wildman–Crippen LogP) is 0.632. The Morgan fingerprint density at radius 3 is 3.00 bits per heavy atom. The van der Waals surface area contributed by atoms with Crippen LogP contribution < -0.4 is 0 Å². The van der Waals surface area contributed by atoms with Gasteiger partial charge in [-0.3, -0.25) is 5.10 Å². The van der Waals surface area contributed by atoms with Crippen molar-refractivity contribution in [3.8, 4) is 10.8 Å². The summed E-state index contributed by atoms with van der Waals surface area (Å²) in [6.45, 7) is 1.84. The van der Waals surface area contributed by atoms with Gasteiger partial charge in [-0.2, -0.15) is 5.10 Å². The standard InChI is InChI=1S/C5H5N5S/c1-3-7-4(9-8-3)5-10-6-2-11-5/h2H,1H3,(H,7,8,9). The van der Waals surface area contributed by atoms with E-state index in [2.05, 4.69) is 25.4 Å². The van der Waals surface area contributed by atoms with Crippen LogP contribution in [0.1, 0.15) is 5.82 Å². The third-order valence-electron chi connectivity index (χ3n) is 1.15. The Bertz CT molecular complexity index is 337. The van der Waals surface area contributed by atoms with Gasteiger partial charge in [0, 0.05) is 0 Å². The third kappa shape index (κ3) is 1.12. The van der Waals surface area contributed by atoms with E-state index in [-0.39, 0.29) is 0 Å². The van der Waals surface area contributed by atoms with Crippen molar-refractivity contribution < 1.29 is 0 Å². The van der Waals surface area contributed by atoms with Crippen LogP contribution in [-0.4, -0.2) is 25.4 Å². The highest BCUT2D eigenvalue weighted by molar-refractivity contribution is 7.12. The lowest BCUT2D eigenvalue weighted by atomic mass is 10.6. The van der Waals surface area contributed by atoms with Crippen LogP contribution in [0.3, 0.4) is 0 Å². The number of rotatable bonds is 1. The second kappa shape index (κ2) is 2.39. The van der Waals surface area contributed by atoms with Gasteiger partial charge in [-0.25, -0.2) is 4.98 Å². The van der Waals surface area contributed by atoms with Crippen LogP contribution in [0.5, 0.6) is 0 Å². The highest BCUT2D eigenvalue weighted by Crippen LogP contribution is 2.14. The lowest BCUT2D eigenvalue weighted by Crippen LogP contribution is -1.78. The zero-order chi connectivity index (χ0) is 7.68. The first kappa shape index (κ1) is 6.41. The monoisotopic (exact) mass is 167 g/mol. The van der Waals surface area contributed by atoms with Crippen molar-refractivity contribution in [2.45, 2.75) is 6.92 Å². The average molecular weight is 167 g/mol. The van der Waals surface area contributed by atoms with E-state index in [1.54, 1.807) is 5.51 Å². The van der Waals surface area contributed by atoms with Crippen LogP contribution in [0.15, 0.2) is 5.51 Å². The minimum Gasteiger partial charge on any atom is -0.263 e. The van der Waals surface area contributed by atoms with Gasteiger partial charge in [-0.1, -0.05) is 11.3 Å². The van der Waals surface area contributed by atoms with Gasteiger partial charge in [0.25, 0.3) is 0 Å². The van der Waals surface area contributed by atoms with E-state index in [0.29, 0.717) is 5.82 Å². The molecule has 2 heterocycles. The molecular weight excluding hydrogens is 162 g/mol. The zero-order valence-corrected chi connectivity index (χ0v) is 6.59. The molecule has 11 heavy (non-hydrogen) atoms. The lowest BCUT2D eigenvalue weighted by molar-refractivity contribution is 1.03. The van der Waals surface area contributed by atoms with E-state index in [1.807, 2.05) is 6.92 Å². The summed E-state index contributed by atoms with van der Waals surface area (Å²) in [5.41, 5.74) is 1.65. The fourth-order valence-electron chi connectivity index (χ4n) is 0.709. The summed E-state index contributed by atoms with van der Waals surface area (Å²) in [6.07, 6.45) is 0. The Kier molecular flexibility index (Phi) is 1.39. The molecule has 0 spiro atoms. The van der Waals surface area contributed by atoms with Crippen molar-refractivity contribution in [2.75, 3.05) is 0 Å². The number of aromatic nitrogens is 5. The lowest BCUT2D eigenvalue weighted by Gasteiger charge is -1.79. The number of nitrogens with one attached hydrogen (secondary N) is 1. The van der Waals surface area contributed by atoms with Crippen LogP contribution in [0.2, 0.25) is 0 Å². The van der Waals surface area contributed by atoms with E-state index in [1.165, 1.54) is 11.3 Å². The molecule has 0 aliphatic carbocycles. The molecule has 2 aromatic heterocycles. The Morgan fingerprint density at radius 1 is 1.55 bits per heavy atom.